The number of rotatable bonds is 5. The second-order valence-corrected chi connectivity index (χ2v) is 5.83. The highest BCUT2D eigenvalue weighted by Gasteiger charge is 2.21. The van der Waals surface area contributed by atoms with Crippen LogP contribution in [-0.4, -0.2) is 24.5 Å². The Kier molecular flexibility index (Phi) is 4.83. The summed E-state index contributed by atoms with van der Waals surface area (Å²) in [7, 11) is 0. The Hall–Kier alpha value is -2.04. The first-order valence-corrected chi connectivity index (χ1v) is 7.33. The molecule has 2 amide bonds. The summed E-state index contributed by atoms with van der Waals surface area (Å²) >= 11 is 0. The van der Waals surface area contributed by atoms with Crippen molar-refractivity contribution in [1.29, 1.82) is 0 Å². The fraction of sp³-hybridized carbons (Fsp3) is 0.500. The van der Waals surface area contributed by atoms with E-state index >= 15 is 0 Å². The van der Waals surface area contributed by atoms with Crippen LogP contribution in [0.25, 0.3) is 0 Å². The number of nitrogens with two attached hydrogens (primary N) is 1. The lowest BCUT2D eigenvalue weighted by Crippen LogP contribution is -2.45. The summed E-state index contributed by atoms with van der Waals surface area (Å²) in [5.41, 5.74) is 6.92. The van der Waals surface area contributed by atoms with E-state index < -0.39 is 11.9 Å². The summed E-state index contributed by atoms with van der Waals surface area (Å²) in [4.78, 5) is 23.7. The molecule has 5 heteroatoms. The lowest BCUT2D eigenvalue weighted by molar-refractivity contribution is -0.120. The molecule has 1 aliphatic rings. The monoisotopic (exact) mass is 290 g/mol. The molecule has 5 nitrogen and oxygen atoms in total. The van der Waals surface area contributed by atoms with Crippen molar-refractivity contribution in [2.24, 2.45) is 11.7 Å². The molecule has 1 heterocycles. The molecule has 0 bridgehead atoms. The molecule has 0 saturated carbocycles. The number of fused-ring (bicyclic) bond motifs is 1. The van der Waals surface area contributed by atoms with Crippen molar-refractivity contribution in [3.05, 3.63) is 29.3 Å². The molecule has 0 radical (unpaired) electrons. The van der Waals surface area contributed by atoms with Crippen LogP contribution in [0.2, 0.25) is 0 Å². The Morgan fingerprint density at radius 2 is 2.14 bits per heavy atom. The molecule has 1 atom stereocenters. The molecule has 1 aliphatic heterocycles. The number of primary amides is 1. The molecule has 0 saturated heterocycles. The molecule has 3 N–H and O–H groups in total. The van der Waals surface area contributed by atoms with Gasteiger partial charge in [-0.15, -0.1) is 0 Å². The van der Waals surface area contributed by atoms with Gasteiger partial charge in [0.25, 0.3) is 5.91 Å². The summed E-state index contributed by atoms with van der Waals surface area (Å²) in [6.45, 7) is 4.69. The maximum Gasteiger partial charge on any atom is 0.251 e. The molecule has 0 fully saturated rings. The van der Waals surface area contributed by atoms with Gasteiger partial charge in [-0.2, -0.15) is 0 Å². The van der Waals surface area contributed by atoms with E-state index in [-0.39, 0.29) is 11.8 Å². The molecule has 0 unspecified atom stereocenters. The van der Waals surface area contributed by atoms with Gasteiger partial charge in [0, 0.05) is 5.56 Å². The van der Waals surface area contributed by atoms with E-state index in [0.29, 0.717) is 12.0 Å². The maximum atomic E-state index is 12.3. The van der Waals surface area contributed by atoms with E-state index in [9.17, 15) is 9.59 Å². The number of nitrogens with one attached hydrogen (secondary N) is 1. The van der Waals surface area contributed by atoms with Crippen LogP contribution >= 0.6 is 0 Å². The highest BCUT2D eigenvalue weighted by atomic mass is 16.5. The smallest absolute Gasteiger partial charge is 0.251 e. The largest absolute Gasteiger partial charge is 0.493 e. The van der Waals surface area contributed by atoms with E-state index in [1.54, 1.807) is 6.07 Å². The number of carbonyl (C=O) groups excluding carboxylic acids is 2. The highest BCUT2D eigenvalue weighted by Crippen LogP contribution is 2.25. The van der Waals surface area contributed by atoms with Crippen molar-refractivity contribution in [2.75, 3.05) is 6.61 Å². The third kappa shape index (κ3) is 3.97. The van der Waals surface area contributed by atoms with Crippen LogP contribution < -0.4 is 15.8 Å². The molecule has 0 aromatic heterocycles. The molecule has 0 aliphatic carbocycles. The van der Waals surface area contributed by atoms with Gasteiger partial charge < -0.3 is 15.8 Å². The Labute approximate surface area is 124 Å². The van der Waals surface area contributed by atoms with Crippen LogP contribution in [0, 0.1) is 5.92 Å². The number of aryl methyl sites for hydroxylation is 1. The first-order valence-electron chi connectivity index (χ1n) is 7.33. The molecule has 1 aromatic rings. The number of hydrogen-bond donors (Lipinski definition) is 2. The van der Waals surface area contributed by atoms with Crippen molar-refractivity contribution in [1.82, 2.24) is 5.32 Å². The lowest BCUT2D eigenvalue weighted by Gasteiger charge is -2.20. The Balaban J connectivity index is 2.10. The van der Waals surface area contributed by atoms with E-state index in [4.69, 9.17) is 10.5 Å². The summed E-state index contributed by atoms with van der Waals surface area (Å²) < 4.78 is 5.52. The zero-order valence-electron chi connectivity index (χ0n) is 12.5. The standard InChI is InChI=1S/C16H22N2O3/c1-10(2)8-13(15(17)19)18-16(20)12-5-6-14-11(9-12)4-3-7-21-14/h5-6,9-10,13H,3-4,7-8H2,1-2H3,(H2,17,19)(H,18,20)/t13-/m0/s1. The van der Waals surface area contributed by atoms with E-state index in [2.05, 4.69) is 5.32 Å². The van der Waals surface area contributed by atoms with Gasteiger partial charge in [-0.25, -0.2) is 0 Å². The van der Waals surface area contributed by atoms with Gasteiger partial charge >= 0.3 is 0 Å². The fourth-order valence-electron chi connectivity index (χ4n) is 2.46. The van der Waals surface area contributed by atoms with Crippen molar-refractivity contribution < 1.29 is 14.3 Å². The Morgan fingerprint density at radius 3 is 2.81 bits per heavy atom. The zero-order valence-corrected chi connectivity index (χ0v) is 12.5. The second-order valence-electron chi connectivity index (χ2n) is 5.83. The maximum absolute atomic E-state index is 12.3. The van der Waals surface area contributed by atoms with Gasteiger partial charge in [0.05, 0.1) is 6.61 Å². The van der Waals surface area contributed by atoms with Gasteiger partial charge in [-0.3, -0.25) is 9.59 Å². The first kappa shape index (κ1) is 15.4. The van der Waals surface area contributed by atoms with Crippen LogP contribution in [0.15, 0.2) is 18.2 Å². The predicted molar refractivity (Wildman–Crippen MR) is 80.2 cm³/mol. The van der Waals surface area contributed by atoms with Crippen molar-refractivity contribution in [3.63, 3.8) is 0 Å². The van der Waals surface area contributed by atoms with Crippen LogP contribution in [0.1, 0.15) is 42.6 Å². The normalized spacial score (nSPS) is 15.0. The molecule has 0 spiro atoms. The van der Waals surface area contributed by atoms with Gasteiger partial charge in [-0.05, 0) is 48.9 Å². The highest BCUT2D eigenvalue weighted by molar-refractivity contribution is 5.97. The molecule has 21 heavy (non-hydrogen) atoms. The predicted octanol–water partition coefficient (Wildman–Crippen LogP) is 1.64. The van der Waals surface area contributed by atoms with Crippen LogP contribution in [0.5, 0.6) is 5.75 Å². The number of hydrogen-bond acceptors (Lipinski definition) is 3. The first-order chi connectivity index (χ1) is 9.97. The molecule has 1 aromatic carbocycles. The number of amides is 2. The number of ether oxygens (including phenoxy) is 1. The zero-order chi connectivity index (χ0) is 15.4. The Morgan fingerprint density at radius 1 is 1.38 bits per heavy atom. The van der Waals surface area contributed by atoms with Crippen molar-refractivity contribution in [2.45, 2.75) is 39.2 Å². The third-order valence-electron chi connectivity index (χ3n) is 3.53. The van der Waals surface area contributed by atoms with E-state index in [1.807, 2.05) is 26.0 Å². The topological polar surface area (TPSA) is 81.4 Å². The van der Waals surface area contributed by atoms with Crippen LogP contribution in [-0.2, 0) is 11.2 Å². The Bertz CT molecular complexity index is 540. The van der Waals surface area contributed by atoms with Gasteiger partial charge in [-0.1, -0.05) is 13.8 Å². The number of carbonyl (C=O) groups is 2. The summed E-state index contributed by atoms with van der Waals surface area (Å²) in [5, 5.41) is 2.72. The van der Waals surface area contributed by atoms with Crippen LogP contribution in [0.3, 0.4) is 0 Å². The van der Waals surface area contributed by atoms with Gasteiger partial charge in [0.1, 0.15) is 11.8 Å². The second kappa shape index (κ2) is 6.61. The minimum absolute atomic E-state index is 0.271. The summed E-state index contributed by atoms with van der Waals surface area (Å²) in [5.74, 6) is 0.345. The fourth-order valence-corrected chi connectivity index (χ4v) is 2.46. The lowest BCUT2D eigenvalue weighted by atomic mass is 10.0. The molecule has 2 rings (SSSR count). The van der Waals surface area contributed by atoms with Crippen molar-refractivity contribution in [3.8, 4) is 5.75 Å². The van der Waals surface area contributed by atoms with Crippen LogP contribution in [0.4, 0.5) is 0 Å². The molecule has 114 valence electrons. The SMILES string of the molecule is CC(C)C[C@H](NC(=O)c1ccc2c(c1)CCCO2)C(N)=O. The summed E-state index contributed by atoms with van der Waals surface area (Å²) in [6, 6.07) is 4.72. The van der Waals surface area contributed by atoms with Gasteiger partial charge in [0.2, 0.25) is 5.91 Å². The average Bonchev–Trinajstić information content (AvgIpc) is 2.45. The van der Waals surface area contributed by atoms with E-state index in [1.165, 1.54) is 0 Å². The number of benzene rings is 1. The molecular formula is C16H22N2O3. The minimum atomic E-state index is -0.634. The van der Waals surface area contributed by atoms with E-state index in [0.717, 1.165) is 30.8 Å². The quantitative estimate of drug-likeness (QED) is 0.865. The summed E-state index contributed by atoms with van der Waals surface area (Å²) in [6.07, 6.45) is 2.39. The third-order valence-corrected chi connectivity index (χ3v) is 3.53. The van der Waals surface area contributed by atoms with Gasteiger partial charge in [0.15, 0.2) is 0 Å². The average molecular weight is 290 g/mol. The van der Waals surface area contributed by atoms with Crippen molar-refractivity contribution >= 4 is 11.8 Å². The molecular weight excluding hydrogens is 268 g/mol. The minimum Gasteiger partial charge on any atom is -0.493 e.